The highest BCUT2D eigenvalue weighted by molar-refractivity contribution is 5.76. The van der Waals surface area contributed by atoms with E-state index in [1.807, 2.05) is 4.90 Å². The fourth-order valence-corrected chi connectivity index (χ4v) is 5.27. The van der Waals surface area contributed by atoms with Gasteiger partial charge < -0.3 is 15.1 Å². The predicted molar refractivity (Wildman–Crippen MR) is 106 cm³/mol. The van der Waals surface area contributed by atoms with Crippen LogP contribution in [0.4, 0.5) is 4.79 Å². The van der Waals surface area contributed by atoms with Gasteiger partial charge >= 0.3 is 6.03 Å². The summed E-state index contributed by atoms with van der Waals surface area (Å²) in [6.07, 6.45) is 6.19. The van der Waals surface area contributed by atoms with Crippen LogP contribution in [0, 0.1) is 6.92 Å². The lowest BCUT2D eigenvalue weighted by Gasteiger charge is -2.43. The molecule has 3 saturated heterocycles. The molecular formula is C22H31N3O2. The van der Waals surface area contributed by atoms with E-state index in [-0.39, 0.29) is 18.0 Å². The Hall–Kier alpha value is -2.04. The molecule has 0 saturated carbocycles. The van der Waals surface area contributed by atoms with Crippen molar-refractivity contribution >= 4 is 11.9 Å². The van der Waals surface area contributed by atoms with Crippen LogP contribution in [0.5, 0.6) is 0 Å². The fourth-order valence-electron chi connectivity index (χ4n) is 5.27. The molecule has 5 heteroatoms. The molecule has 3 heterocycles. The number of aryl methyl sites for hydroxylation is 1. The first-order valence-corrected chi connectivity index (χ1v) is 10.4. The quantitative estimate of drug-likeness (QED) is 0.868. The Kier molecular flexibility index (Phi) is 5.11. The number of nitrogens with zero attached hydrogens (tertiary/aromatic N) is 2. The van der Waals surface area contributed by atoms with Crippen LogP contribution in [0.3, 0.4) is 0 Å². The van der Waals surface area contributed by atoms with Crippen molar-refractivity contribution in [3.05, 3.63) is 35.4 Å². The van der Waals surface area contributed by atoms with Crippen LogP contribution in [-0.2, 0) is 4.79 Å². The summed E-state index contributed by atoms with van der Waals surface area (Å²) < 4.78 is 0. The van der Waals surface area contributed by atoms with Gasteiger partial charge in [0.15, 0.2) is 0 Å². The smallest absolute Gasteiger partial charge is 0.320 e. The minimum Gasteiger partial charge on any atom is -0.353 e. The zero-order valence-electron chi connectivity index (χ0n) is 16.5. The van der Waals surface area contributed by atoms with Crippen LogP contribution in [-0.4, -0.2) is 53.0 Å². The van der Waals surface area contributed by atoms with E-state index in [2.05, 4.69) is 41.4 Å². The molecule has 0 aliphatic carbocycles. The Balaban J connectivity index is 1.37. The molecule has 0 spiro atoms. The molecule has 3 atom stereocenters. The van der Waals surface area contributed by atoms with Crippen molar-refractivity contribution in [2.75, 3.05) is 13.1 Å². The van der Waals surface area contributed by atoms with E-state index in [9.17, 15) is 9.59 Å². The topological polar surface area (TPSA) is 52.7 Å². The van der Waals surface area contributed by atoms with Crippen LogP contribution in [0.2, 0.25) is 0 Å². The summed E-state index contributed by atoms with van der Waals surface area (Å²) in [6.45, 7) is 5.19. The summed E-state index contributed by atoms with van der Waals surface area (Å²) in [6, 6.07) is 10.2. The second-order valence-corrected chi connectivity index (χ2v) is 8.62. The fraction of sp³-hybridized carbons (Fsp3) is 0.636. The monoisotopic (exact) mass is 369 g/mol. The van der Waals surface area contributed by atoms with Crippen molar-refractivity contribution in [3.63, 3.8) is 0 Å². The van der Waals surface area contributed by atoms with Gasteiger partial charge in [0.05, 0.1) is 0 Å². The summed E-state index contributed by atoms with van der Waals surface area (Å²) in [5.74, 6) is 0.605. The zero-order valence-corrected chi connectivity index (χ0v) is 16.5. The van der Waals surface area contributed by atoms with Gasteiger partial charge in [-0.15, -0.1) is 0 Å². The maximum absolute atomic E-state index is 13.2. The van der Waals surface area contributed by atoms with Crippen molar-refractivity contribution in [1.82, 2.24) is 15.1 Å². The minimum atomic E-state index is 0.0241. The molecule has 146 valence electrons. The van der Waals surface area contributed by atoms with Gasteiger partial charge in [0.1, 0.15) is 0 Å². The standard InChI is InChI=1S/C22H31N3O2/c1-15-3-5-17(6-4-15)18-13-20-7-8-21(14-18)25(20)22(27)24-11-9-19(10-12-24)23-16(2)26/h3-6,18-21H,7-14H2,1-2H3,(H,23,26)/t18-,20+,21-. The van der Waals surface area contributed by atoms with Crippen molar-refractivity contribution in [3.8, 4) is 0 Å². The average molecular weight is 370 g/mol. The van der Waals surface area contributed by atoms with Gasteiger partial charge in [-0.2, -0.15) is 0 Å². The Morgan fingerprint density at radius 3 is 2.11 bits per heavy atom. The highest BCUT2D eigenvalue weighted by atomic mass is 16.2. The molecule has 1 aromatic carbocycles. The number of fused-ring (bicyclic) bond motifs is 2. The van der Waals surface area contributed by atoms with E-state index in [1.165, 1.54) is 11.1 Å². The van der Waals surface area contributed by atoms with E-state index in [0.29, 0.717) is 18.0 Å². The molecule has 3 aliphatic rings. The van der Waals surface area contributed by atoms with Crippen molar-refractivity contribution in [1.29, 1.82) is 0 Å². The molecule has 27 heavy (non-hydrogen) atoms. The molecule has 1 aromatic rings. The first kappa shape index (κ1) is 18.3. The van der Waals surface area contributed by atoms with Gasteiger partial charge in [-0.3, -0.25) is 4.79 Å². The van der Waals surface area contributed by atoms with Crippen LogP contribution in [0.15, 0.2) is 24.3 Å². The number of urea groups is 1. The summed E-state index contributed by atoms with van der Waals surface area (Å²) in [5.41, 5.74) is 2.73. The number of hydrogen-bond donors (Lipinski definition) is 1. The average Bonchev–Trinajstić information content (AvgIpc) is 2.91. The van der Waals surface area contributed by atoms with E-state index in [0.717, 1.165) is 51.6 Å². The lowest BCUT2D eigenvalue weighted by atomic mass is 9.85. The van der Waals surface area contributed by atoms with Crippen molar-refractivity contribution < 1.29 is 9.59 Å². The molecule has 5 nitrogen and oxygen atoms in total. The normalized spacial score (nSPS) is 28.3. The first-order valence-electron chi connectivity index (χ1n) is 10.4. The number of nitrogens with one attached hydrogen (secondary N) is 1. The number of piperidine rings is 2. The molecule has 4 rings (SSSR count). The summed E-state index contributed by atoms with van der Waals surface area (Å²) in [4.78, 5) is 28.6. The molecule has 2 bridgehead atoms. The van der Waals surface area contributed by atoms with E-state index < -0.39 is 0 Å². The van der Waals surface area contributed by atoms with Crippen LogP contribution in [0.25, 0.3) is 0 Å². The third-order valence-corrected chi connectivity index (χ3v) is 6.68. The second kappa shape index (κ2) is 7.53. The molecule has 3 fully saturated rings. The van der Waals surface area contributed by atoms with Gasteiger partial charge in [-0.1, -0.05) is 29.8 Å². The number of likely N-dealkylation sites (tertiary alicyclic amines) is 1. The number of amides is 3. The number of carbonyl (C=O) groups is 2. The number of hydrogen-bond acceptors (Lipinski definition) is 2. The van der Waals surface area contributed by atoms with Crippen LogP contribution in [0.1, 0.15) is 62.5 Å². The Morgan fingerprint density at radius 2 is 1.56 bits per heavy atom. The Labute approximate surface area is 162 Å². The van der Waals surface area contributed by atoms with Gasteiger partial charge in [0.25, 0.3) is 0 Å². The summed E-state index contributed by atoms with van der Waals surface area (Å²) in [5, 5.41) is 2.99. The molecule has 3 aliphatic heterocycles. The largest absolute Gasteiger partial charge is 0.353 e. The molecular weight excluding hydrogens is 338 g/mol. The SMILES string of the molecule is CC(=O)NC1CCN(C(=O)N2[C@@H]3CC[C@H]2C[C@@H](c2ccc(C)cc2)C3)CC1. The Bertz CT molecular complexity index is 680. The third-order valence-electron chi connectivity index (χ3n) is 6.68. The van der Waals surface area contributed by atoms with E-state index >= 15 is 0 Å². The maximum atomic E-state index is 13.2. The highest BCUT2D eigenvalue weighted by Gasteiger charge is 2.45. The van der Waals surface area contributed by atoms with E-state index in [1.54, 1.807) is 6.92 Å². The second-order valence-electron chi connectivity index (χ2n) is 8.62. The summed E-state index contributed by atoms with van der Waals surface area (Å²) in [7, 11) is 0. The maximum Gasteiger partial charge on any atom is 0.320 e. The number of carbonyl (C=O) groups excluding carboxylic acids is 2. The van der Waals surface area contributed by atoms with Crippen LogP contribution < -0.4 is 5.32 Å². The van der Waals surface area contributed by atoms with Gasteiger partial charge in [0.2, 0.25) is 5.91 Å². The minimum absolute atomic E-state index is 0.0241. The molecule has 3 amide bonds. The van der Waals surface area contributed by atoms with Crippen molar-refractivity contribution in [2.24, 2.45) is 0 Å². The number of benzene rings is 1. The third kappa shape index (κ3) is 3.83. The van der Waals surface area contributed by atoms with E-state index in [4.69, 9.17) is 0 Å². The lowest BCUT2D eigenvalue weighted by Crippen LogP contribution is -2.55. The molecule has 0 radical (unpaired) electrons. The number of rotatable bonds is 2. The van der Waals surface area contributed by atoms with Gasteiger partial charge in [0, 0.05) is 38.1 Å². The highest BCUT2D eigenvalue weighted by Crippen LogP contribution is 2.43. The van der Waals surface area contributed by atoms with Crippen LogP contribution >= 0.6 is 0 Å². The lowest BCUT2D eigenvalue weighted by molar-refractivity contribution is -0.119. The van der Waals surface area contributed by atoms with Gasteiger partial charge in [-0.05, 0) is 56.9 Å². The van der Waals surface area contributed by atoms with Gasteiger partial charge in [-0.25, -0.2) is 4.79 Å². The predicted octanol–water partition coefficient (Wildman–Crippen LogP) is 3.43. The summed E-state index contributed by atoms with van der Waals surface area (Å²) >= 11 is 0. The zero-order chi connectivity index (χ0) is 19.0. The van der Waals surface area contributed by atoms with Crippen molar-refractivity contribution in [2.45, 2.75) is 76.4 Å². The molecule has 0 unspecified atom stereocenters. The first-order chi connectivity index (χ1) is 13.0. The Morgan fingerprint density at radius 1 is 0.963 bits per heavy atom. The molecule has 0 aromatic heterocycles. The molecule has 1 N–H and O–H groups in total.